The molecule has 2 atom stereocenters. The molecule has 3 nitrogen and oxygen atoms in total. The Balaban J connectivity index is 2.81. The van der Waals surface area contributed by atoms with Crippen LogP contribution in [0.25, 0.3) is 0 Å². The molecule has 0 radical (unpaired) electrons. The highest BCUT2D eigenvalue weighted by Crippen LogP contribution is 2.25. The SMILES string of the molecule is CCC1CN(C)CCCN1C(C)(CC)CN. The molecule has 0 aromatic heterocycles. The van der Waals surface area contributed by atoms with Crippen LogP contribution in [0.1, 0.15) is 40.0 Å². The average molecular weight is 227 g/mol. The van der Waals surface area contributed by atoms with Crippen LogP contribution in [0.3, 0.4) is 0 Å². The second-order valence-corrected chi connectivity index (χ2v) is 5.43. The largest absolute Gasteiger partial charge is 0.329 e. The number of nitrogens with zero attached hydrogens (tertiary/aromatic N) is 2. The summed E-state index contributed by atoms with van der Waals surface area (Å²) in [6, 6.07) is 0.668. The molecule has 1 saturated heterocycles. The summed E-state index contributed by atoms with van der Waals surface area (Å²) < 4.78 is 0. The Labute approximate surface area is 101 Å². The number of rotatable bonds is 4. The molecule has 0 saturated carbocycles. The molecule has 96 valence electrons. The Morgan fingerprint density at radius 1 is 1.31 bits per heavy atom. The first-order chi connectivity index (χ1) is 7.57. The first-order valence-corrected chi connectivity index (χ1v) is 6.72. The van der Waals surface area contributed by atoms with E-state index in [2.05, 4.69) is 37.6 Å². The Kier molecular flexibility index (Phi) is 5.22. The summed E-state index contributed by atoms with van der Waals surface area (Å²) in [5.74, 6) is 0. The summed E-state index contributed by atoms with van der Waals surface area (Å²) in [6.07, 6.45) is 3.63. The second kappa shape index (κ2) is 5.99. The first kappa shape index (κ1) is 13.9. The van der Waals surface area contributed by atoms with Crippen LogP contribution in [-0.4, -0.2) is 54.6 Å². The van der Waals surface area contributed by atoms with Gasteiger partial charge in [0.1, 0.15) is 0 Å². The third-order valence-electron chi connectivity index (χ3n) is 4.27. The van der Waals surface area contributed by atoms with Crippen molar-refractivity contribution in [2.45, 2.75) is 51.6 Å². The maximum absolute atomic E-state index is 6.00. The molecule has 2 unspecified atom stereocenters. The maximum Gasteiger partial charge on any atom is 0.0304 e. The third-order valence-corrected chi connectivity index (χ3v) is 4.27. The number of hydrogen-bond acceptors (Lipinski definition) is 3. The van der Waals surface area contributed by atoms with Gasteiger partial charge in [-0.3, -0.25) is 4.90 Å². The minimum absolute atomic E-state index is 0.186. The van der Waals surface area contributed by atoms with Crippen molar-refractivity contribution in [3.8, 4) is 0 Å². The third kappa shape index (κ3) is 2.96. The van der Waals surface area contributed by atoms with E-state index in [1.54, 1.807) is 0 Å². The topological polar surface area (TPSA) is 32.5 Å². The van der Waals surface area contributed by atoms with Crippen LogP contribution >= 0.6 is 0 Å². The molecule has 0 bridgehead atoms. The lowest BCUT2D eigenvalue weighted by Crippen LogP contribution is -2.56. The summed E-state index contributed by atoms with van der Waals surface area (Å²) in [6.45, 7) is 11.2. The van der Waals surface area contributed by atoms with E-state index in [0.29, 0.717) is 6.04 Å². The Hall–Kier alpha value is -0.120. The van der Waals surface area contributed by atoms with Gasteiger partial charge in [0, 0.05) is 31.2 Å². The molecule has 3 heteroatoms. The summed E-state index contributed by atoms with van der Waals surface area (Å²) in [5.41, 5.74) is 6.18. The zero-order valence-corrected chi connectivity index (χ0v) is 11.5. The van der Waals surface area contributed by atoms with Crippen LogP contribution in [-0.2, 0) is 0 Å². The first-order valence-electron chi connectivity index (χ1n) is 6.72. The van der Waals surface area contributed by atoms with E-state index < -0.39 is 0 Å². The molecule has 2 N–H and O–H groups in total. The lowest BCUT2D eigenvalue weighted by atomic mass is 9.93. The van der Waals surface area contributed by atoms with Gasteiger partial charge in [-0.2, -0.15) is 0 Å². The van der Waals surface area contributed by atoms with Crippen LogP contribution in [0.15, 0.2) is 0 Å². The van der Waals surface area contributed by atoms with Crippen molar-refractivity contribution in [3.63, 3.8) is 0 Å². The molecule has 1 aliphatic heterocycles. The number of hydrogen-bond donors (Lipinski definition) is 1. The summed E-state index contributed by atoms with van der Waals surface area (Å²) in [4.78, 5) is 5.12. The minimum atomic E-state index is 0.186. The molecule has 0 amide bonds. The fourth-order valence-electron chi connectivity index (χ4n) is 2.77. The molecule has 1 fully saturated rings. The Morgan fingerprint density at radius 3 is 2.50 bits per heavy atom. The average Bonchev–Trinajstić information content (AvgIpc) is 2.49. The Bertz CT molecular complexity index is 201. The Morgan fingerprint density at radius 2 is 2.00 bits per heavy atom. The van der Waals surface area contributed by atoms with Crippen molar-refractivity contribution in [1.82, 2.24) is 9.80 Å². The quantitative estimate of drug-likeness (QED) is 0.790. The van der Waals surface area contributed by atoms with E-state index in [4.69, 9.17) is 5.73 Å². The van der Waals surface area contributed by atoms with E-state index in [1.807, 2.05) is 0 Å². The second-order valence-electron chi connectivity index (χ2n) is 5.43. The molecule has 0 spiro atoms. The molecule has 1 rings (SSSR count). The lowest BCUT2D eigenvalue weighted by molar-refractivity contribution is 0.0569. The van der Waals surface area contributed by atoms with Gasteiger partial charge in [0.25, 0.3) is 0 Å². The minimum Gasteiger partial charge on any atom is -0.329 e. The van der Waals surface area contributed by atoms with Gasteiger partial charge in [0.2, 0.25) is 0 Å². The molecule has 1 aliphatic rings. The smallest absolute Gasteiger partial charge is 0.0304 e. The summed E-state index contributed by atoms with van der Waals surface area (Å²) in [7, 11) is 2.23. The van der Waals surface area contributed by atoms with E-state index in [9.17, 15) is 0 Å². The molecule has 0 aliphatic carbocycles. The molecule has 1 heterocycles. The van der Waals surface area contributed by atoms with Crippen LogP contribution in [0.5, 0.6) is 0 Å². The van der Waals surface area contributed by atoms with Gasteiger partial charge in [-0.15, -0.1) is 0 Å². The molecule has 0 aromatic carbocycles. The highest BCUT2D eigenvalue weighted by atomic mass is 15.3. The summed E-state index contributed by atoms with van der Waals surface area (Å²) >= 11 is 0. The zero-order valence-electron chi connectivity index (χ0n) is 11.5. The van der Waals surface area contributed by atoms with Crippen LogP contribution < -0.4 is 5.73 Å². The fraction of sp³-hybridized carbons (Fsp3) is 1.00. The van der Waals surface area contributed by atoms with Crippen LogP contribution in [0, 0.1) is 0 Å². The van der Waals surface area contributed by atoms with Gasteiger partial charge in [-0.05, 0) is 39.8 Å². The van der Waals surface area contributed by atoms with E-state index >= 15 is 0 Å². The summed E-state index contributed by atoms with van der Waals surface area (Å²) in [5, 5.41) is 0. The molecule has 0 aromatic rings. The van der Waals surface area contributed by atoms with Crippen molar-refractivity contribution in [1.29, 1.82) is 0 Å². The maximum atomic E-state index is 6.00. The van der Waals surface area contributed by atoms with Gasteiger partial charge in [-0.1, -0.05) is 13.8 Å². The van der Waals surface area contributed by atoms with E-state index in [-0.39, 0.29) is 5.54 Å². The fourth-order valence-corrected chi connectivity index (χ4v) is 2.77. The standard InChI is InChI=1S/C13H29N3/c1-5-12-10-15(4)8-7-9-16(12)13(3,6-2)11-14/h12H,5-11,14H2,1-4H3. The predicted octanol–water partition coefficient (Wildman–Crippen LogP) is 1.53. The number of likely N-dealkylation sites (N-methyl/N-ethyl adjacent to an activating group) is 1. The van der Waals surface area contributed by atoms with Crippen LogP contribution in [0.2, 0.25) is 0 Å². The van der Waals surface area contributed by atoms with E-state index in [0.717, 1.165) is 13.0 Å². The highest BCUT2D eigenvalue weighted by Gasteiger charge is 2.34. The monoisotopic (exact) mass is 227 g/mol. The highest BCUT2D eigenvalue weighted by molar-refractivity contribution is 4.92. The molecular formula is C13H29N3. The predicted molar refractivity (Wildman–Crippen MR) is 70.6 cm³/mol. The van der Waals surface area contributed by atoms with Crippen molar-refractivity contribution in [2.24, 2.45) is 5.73 Å². The normalized spacial score (nSPS) is 28.7. The van der Waals surface area contributed by atoms with Crippen LogP contribution in [0.4, 0.5) is 0 Å². The zero-order chi connectivity index (χ0) is 12.2. The van der Waals surface area contributed by atoms with Gasteiger partial charge >= 0.3 is 0 Å². The van der Waals surface area contributed by atoms with Gasteiger partial charge in [-0.25, -0.2) is 0 Å². The van der Waals surface area contributed by atoms with E-state index in [1.165, 1.54) is 32.5 Å². The van der Waals surface area contributed by atoms with Crippen molar-refractivity contribution < 1.29 is 0 Å². The molecular weight excluding hydrogens is 198 g/mol. The van der Waals surface area contributed by atoms with Crippen molar-refractivity contribution >= 4 is 0 Å². The molecule has 16 heavy (non-hydrogen) atoms. The van der Waals surface area contributed by atoms with Crippen molar-refractivity contribution in [2.75, 3.05) is 33.2 Å². The number of nitrogens with two attached hydrogens (primary N) is 1. The van der Waals surface area contributed by atoms with Gasteiger partial charge in [0.05, 0.1) is 0 Å². The van der Waals surface area contributed by atoms with Crippen molar-refractivity contribution in [3.05, 3.63) is 0 Å². The lowest BCUT2D eigenvalue weighted by Gasteiger charge is -2.44. The van der Waals surface area contributed by atoms with Gasteiger partial charge < -0.3 is 10.6 Å². The van der Waals surface area contributed by atoms with Gasteiger partial charge in [0.15, 0.2) is 0 Å².